The summed E-state index contributed by atoms with van der Waals surface area (Å²) in [5, 5.41) is 0. The van der Waals surface area contributed by atoms with Crippen molar-refractivity contribution in [2.75, 3.05) is 0 Å². The lowest BCUT2D eigenvalue weighted by Gasteiger charge is -1.84. The van der Waals surface area contributed by atoms with Crippen molar-refractivity contribution in [2.45, 2.75) is 0 Å². The highest BCUT2D eigenvalue weighted by atomic mass is 29.2. The van der Waals surface area contributed by atoms with Gasteiger partial charge in [0.05, 0.1) is 9.04 Å². The maximum atomic E-state index is 5.05. The highest BCUT2D eigenvalue weighted by molar-refractivity contribution is 7.00. The predicted octanol–water partition coefficient (Wildman–Crippen LogP) is -2.41. The second kappa shape index (κ2) is 5.35. The summed E-state index contributed by atoms with van der Waals surface area (Å²) in [7, 11) is 1.09. The van der Waals surface area contributed by atoms with Crippen LogP contribution in [0.15, 0.2) is 12.3 Å². The highest BCUT2D eigenvalue weighted by Crippen LogP contribution is 1.56. The van der Waals surface area contributed by atoms with E-state index in [1.165, 1.54) is 0 Å². The van der Waals surface area contributed by atoms with Gasteiger partial charge in [0, 0.05) is 0 Å². The van der Waals surface area contributed by atoms with Crippen LogP contribution in [-0.4, -0.2) is 28.8 Å². The van der Waals surface area contributed by atoms with E-state index in [4.69, 9.17) is 4.12 Å². The van der Waals surface area contributed by atoms with Crippen molar-refractivity contribution >= 4 is 28.8 Å². The van der Waals surface area contributed by atoms with Crippen molar-refractivity contribution in [3.05, 3.63) is 12.3 Å². The van der Waals surface area contributed by atoms with Crippen LogP contribution in [-0.2, 0) is 4.12 Å². The molecule has 0 fully saturated rings. The van der Waals surface area contributed by atoms with Crippen molar-refractivity contribution in [3.8, 4) is 0 Å². The van der Waals surface area contributed by atoms with E-state index in [2.05, 4.69) is 12.3 Å². The van der Waals surface area contributed by atoms with Gasteiger partial charge in [0.2, 0.25) is 0 Å². The molecule has 0 amide bonds. The third kappa shape index (κ3) is 4.35. The summed E-state index contributed by atoms with van der Waals surface area (Å²) in [6.07, 6.45) is 0. The molecule has 0 aliphatic heterocycles. The van der Waals surface area contributed by atoms with Crippen LogP contribution in [0.5, 0.6) is 0 Å². The Kier molecular flexibility index (Phi) is 5.66. The Morgan fingerprint density at radius 2 is 2.50 bits per heavy atom. The molecule has 0 saturated carbocycles. The monoisotopic (exact) mass is 134 g/mol. The molecule has 0 heterocycles. The maximum absolute atomic E-state index is 5.05. The lowest BCUT2D eigenvalue weighted by molar-refractivity contribution is 0.682. The van der Waals surface area contributed by atoms with E-state index >= 15 is 0 Å². The molecule has 0 spiro atoms. The summed E-state index contributed by atoms with van der Waals surface area (Å²) < 4.78 is 5.05. The lowest BCUT2D eigenvalue weighted by Crippen LogP contribution is -2.02. The second-order valence-electron chi connectivity index (χ2n) is 1.07. The smallest absolute Gasteiger partial charge is 0.131 e. The van der Waals surface area contributed by atoms with Gasteiger partial charge in [-0.2, -0.15) is 0 Å². The zero-order chi connectivity index (χ0) is 4.83. The molecule has 0 aromatic carbocycles. The standard InChI is InChI=1S/C2H10OSi3/c1-2-5-6-3-4/h2H,1,5-6H2,4H3. The van der Waals surface area contributed by atoms with E-state index in [-0.39, 0.29) is 18.3 Å². The molecule has 0 atom stereocenters. The van der Waals surface area contributed by atoms with Gasteiger partial charge in [-0.25, -0.2) is 0 Å². The molecule has 0 aliphatic carbocycles. The largest absolute Gasteiger partial charge is 0.471 e. The molecule has 0 radical (unpaired) electrons. The fraction of sp³-hybridized carbons (Fsp3) is 0. The fourth-order valence-electron chi connectivity index (χ4n) is 0.201. The Hall–Kier alpha value is 0.351. The van der Waals surface area contributed by atoms with Crippen LogP contribution < -0.4 is 0 Å². The van der Waals surface area contributed by atoms with Crippen molar-refractivity contribution in [3.63, 3.8) is 0 Å². The third-order valence-corrected chi connectivity index (χ3v) is 8.41. The number of hydrogen-bond acceptors (Lipinski definition) is 1. The average molecular weight is 134 g/mol. The Morgan fingerprint density at radius 1 is 1.83 bits per heavy atom. The summed E-state index contributed by atoms with van der Waals surface area (Å²) >= 11 is 0. The molecule has 36 valence electrons. The quantitative estimate of drug-likeness (QED) is 0.309. The maximum Gasteiger partial charge on any atom is 0.131 e. The molecule has 0 aromatic heterocycles. The first-order valence-corrected chi connectivity index (χ1v) is 8.22. The van der Waals surface area contributed by atoms with Crippen LogP contribution in [0.1, 0.15) is 0 Å². The van der Waals surface area contributed by atoms with Gasteiger partial charge in [0.25, 0.3) is 0 Å². The average Bonchev–Trinajstić information content (AvgIpc) is 1.61. The van der Waals surface area contributed by atoms with Crippen LogP contribution in [0, 0.1) is 0 Å². The van der Waals surface area contributed by atoms with Crippen LogP contribution in [0.25, 0.3) is 0 Å². The van der Waals surface area contributed by atoms with E-state index in [0.717, 1.165) is 10.5 Å². The normalized spacial score (nSPS) is 12.7. The topological polar surface area (TPSA) is 9.23 Å². The Morgan fingerprint density at radius 3 is 2.67 bits per heavy atom. The first kappa shape index (κ1) is 6.35. The lowest BCUT2D eigenvalue weighted by atomic mass is 11.3. The van der Waals surface area contributed by atoms with Gasteiger partial charge in [-0.05, 0) is 0 Å². The minimum atomic E-state index is 0.00424. The molecule has 6 heavy (non-hydrogen) atoms. The zero-order valence-electron chi connectivity index (χ0n) is 4.11. The van der Waals surface area contributed by atoms with Gasteiger partial charge in [0.1, 0.15) is 19.8 Å². The first-order chi connectivity index (χ1) is 2.91. The van der Waals surface area contributed by atoms with Gasteiger partial charge in [0.15, 0.2) is 0 Å². The van der Waals surface area contributed by atoms with Crippen LogP contribution in [0.4, 0.5) is 0 Å². The molecular formula is C2H10OSi3. The van der Waals surface area contributed by atoms with Crippen molar-refractivity contribution in [1.82, 2.24) is 0 Å². The van der Waals surface area contributed by atoms with Gasteiger partial charge in [-0.3, -0.25) is 0 Å². The van der Waals surface area contributed by atoms with Crippen molar-refractivity contribution in [2.24, 2.45) is 0 Å². The van der Waals surface area contributed by atoms with Crippen molar-refractivity contribution in [1.29, 1.82) is 0 Å². The molecule has 0 unspecified atom stereocenters. The first-order valence-electron chi connectivity index (χ1n) is 2.01. The fourth-order valence-corrected chi connectivity index (χ4v) is 3.93. The van der Waals surface area contributed by atoms with Crippen LogP contribution in [0.2, 0.25) is 0 Å². The molecule has 0 aromatic rings. The molecule has 4 heteroatoms. The van der Waals surface area contributed by atoms with Gasteiger partial charge in [-0.1, -0.05) is 0 Å². The molecular weight excluding hydrogens is 124 g/mol. The minimum Gasteiger partial charge on any atom is -0.471 e. The molecule has 0 aliphatic rings. The Labute approximate surface area is 45.9 Å². The number of hydrogen-bond donors (Lipinski definition) is 0. The molecule has 1 nitrogen and oxygen atoms in total. The van der Waals surface area contributed by atoms with E-state index < -0.39 is 0 Å². The van der Waals surface area contributed by atoms with Gasteiger partial charge >= 0.3 is 0 Å². The molecule has 0 rings (SSSR count). The summed E-state index contributed by atoms with van der Waals surface area (Å²) in [4.78, 5) is 0. The van der Waals surface area contributed by atoms with E-state index in [9.17, 15) is 0 Å². The zero-order valence-corrected chi connectivity index (χ0v) is 8.94. The van der Waals surface area contributed by atoms with Crippen molar-refractivity contribution < 1.29 is 4.12 Å². The molecule has 0 N–H and O–H groups in total. The Bertz CT molecular complexity index is 37.8. The van der Waals surface area contributed by atoms with E-state index in [1.54, 1.807) is 0 Å². The summed E-state index contributed by atoms with van der Waals surface area (Å²) in [5.74, 6) is 0. The van der Waals surface area contributed by atoms with Gasteiger partial charge in [-0.15, -0.1) is 12.3 Å². The molecule has 0 saturated heterocycles. The molecule has 0 bridgehead atoms. The van der Waals surface area contributed by atoms with E-state index in [0.29, 0.717) is 0 Å². The predicted molar refractivity (Wildman–Crippen MR) is 38.3 cm³/mol. The third-order valence-electron chi connectivity index (χ3n) is 0.526. The summed E-state index contributed by atoms with van der Waals surface area (Å²) in [6.45, 7) is 3.63. The minimum absolute atomic E-state index is 0.00424. The summed E-state index contributed by atoms with van der Waals surface area (Å²) in [5.41, 5.74) is 2.06. The number of rotatable bonds is 3. The van der Waals surface area contributed by atoms with Crippen LogP contribution >= 0.6 is 0 Å². The van der Waals surface area contributed by atoms with Crippen LogP contribution in [0.3, 0.4) is 0 Å². The second-order valence-corrected chi connectivity index (χ2v) is 7.90. The van der Waals surface area contributed by atoms with E-state index in [1.807, 2.05) is 0 Å². The summed E-state index contributed by atoms with van der Waals surface area (Å²) in [6, 6.07) is 0. The Balaban J connectivity index is 2.49. The SMILES string of the molecule is C=C[SiH2][SiH2]O[SiH3]. The van der Waals surface area contributed by atoms with Gasteiger partial charge < -0.3 is 4.12 Å². The highest BCUT2D eigenvalue weighted by Gasteiger charge is 1.73.